The van der Waals surface area contributed by atoms with Crippen molar-refractivity contribution in [1.29, 1.82) is 0 Å². The molecule has 0 aliphatic carbocycles. The van der Waals surface area contributed by atoms with Crippen molar-refractivity contribution in [2.45, 2.75) is 0 Å². The number of carbonyl (C=O) groups is 2. The van der Waals surface area contributed by atoms with Crippen LogP contribution in [0.2, 0.25) is 10.0 Å². The van der Waals surface area contributed by atoms with Crippen molar-refractivity contribution in [3.05, 3.63) is 131 Å². The van der Waals surface area contributed by atoms with Gasteiger partial charge in [0.1, 0.15) is 0 Å². The molecule has 46 heavy (non-hydrogen) atoms. The summed E-state index contributed by atoms with van der Waals surface area (Å²) in [6.07, 6.45) is 6.77. The molecule has 0 bridgehead atoms. The molecule has 4 N–H and O–H groups in total. The molecule has 0 aliphatic rings. The second kappa shape index (κ2) is 12.3. The van der Waals surface area contributed by atoms with Gasteiger partial charge in [0.2, 0.25) is 0 Å². The number of hydrogen-bond acceptors (Lipinski definition) is 6. The first-order valence-electron chi connectivity index (χ1n) is 14.0. The summed E-state index contributed by atoms with van der Waals surface area (Å²) in [4.78, 5) is 47.7. The summed E-state index contributed by atoms with van der Waals surface area (Å²) in [7, 11) is 0. The highest BCUT2D eigenvalue weighted by Gasteiger charge is 2.15. The Kier molecular flexibility index (Phi) is 7.71. The Labute approximate surface area is 270 Å². The van der Waals surface area contributed by atoms with E-state index < -0.39 is 0 Å². The Hall–Kier alpha value is -5.84. The topological polar surface area (TPSA) is 141 Å². The Balaban J connectivity index is 0.000000147. The zero-order valence-electron chi connectivity index (χ0n) is 23.8. The maximum Gasteiger partial charge on any atom is 0.291 e. The number of benzene rings is 4. The number of anilines is 2. The van der Waals surface area contributed by atoms with Gasteiger partial charge in [-0.2, -0.15) is 0 Å². The number of pyridine rings is 2. The van der Waals surface area contributed by atoms with E-state index in [2.05, 4.69) is 40.5 Å². The maximum atomic E-state index is 12.4. The highest BCUT2D eigenvalue weighted by atomic mass is 35.5. The Morgan fingerprint density at radius 2 is 1.00 bits per heavy atom. The third kappa shape index (κ3) is 5.94. The number of amides is 2. The van der Waals surface area contributed by atoms with Crippen LogP contribution in [0.1, 0.15) is 21.2 Å². The normalized spacial score (nSPS) is 11.0. The molecule has 4 aromatic carbocycles. The molecule has 0 fully saturated rings. The summed E-state index contributed by atoms with van der Waals surface area (Å²) in [6.45, 7) is 0. The maximum absolute atomic E-state index is 12.4. The molecule has 0 atom stereocenters. The largest absolute Gasteiger partial charge is 0.334 e. The summed E-state index contributed by atoms with van der Waals surface area (Å²) in [5.41, 5.74) is 4.11. The third-order valence-electron chi connectivity index (χ3n) is 7.15. The monoisotopic (exact) mass is 644 g/mol. The number of rotatable bonds is 4. The van der Waals surface area contributed by atoms with Gasteiger partial charge in [0.05, 0.1) is 45.8 Å². The molecule has 224 valence electrons. The number of imidazole rings is 2. The van der Waals surface area contributed by atoms with Crippen LogP contribution in [0.3, 0.4) is 0 Å². The van der Waals surface area contributed by atoms with Crippen molar-refractivity contribution in [1.82, 2.24) is 29.9 Å². The molecule has 0 saturated heterocycles. The molecule has 0 aliphatic heterocycles. The molecule has 8 rings (SSSR count). The quantitative estimate of drug-likeness (QED) is 0.153. The van der Waals surface area contributed by atoms with Crippen molar-refractivity contribution >= 4 is 90.0 Å². The number of hydrogen-bond donors (Lipinski definition) is 4. The van der Waals surface area contributed by atoms with E-state index >= 15 is 0 Å². The highest BCUT2D eigenvalue weighted by molar-refractivity contribution is 6.31. The molecule has 0 spiro atoms. The van der Waals surface area contributed by atoms with Crippen LogP contribution in [-0.4, -0.2) is 41.7 Å². The predicted octanol–water partition coefficient (Wildman–Crippen LogP) is 8.03. The fraction of sp³-hybridized carbons (Fsp3) is 0. The molecule has 0 radical (unpaired) electrons. The van der Waals surface area contributed by atoms with Gasteiger partial charge in [-0.1, -0.05) is 71.7 Å². The number of carbonyl (C=O) groups excluding carboxylic acids is 2. The first-order valence-corrected chi connectivity index (χ1v) is 14.8. The van der Waals surface area contributed by atoms with E-state index in [4.69, 9.17) is 23.2 Å². The van der Waals surface area contributed by atoms with Gasteiger partial charge in [0.15, 0.2) is 11.6 Å². The Morgan fingerprint density at radius 3 is 1.46 bits per heavy atom. The van der Waals surface area contributed by atoms with E-state index in [-0.39, 0.29) is 23.5 Å². The van der Waals surface area contributed by atoms with Crippen molar-refractivity contribution in [3.8, 4) is 0 Å². The second-order valence-corrected chi connectivity index (χ2v) is 11.1. The lowest BCUT2D eigenvalue weighted by molar-refractivity contribution is 0.101. The number of nitrogens with zero attached hydrogens (tertiary/aromatic N) is 4. The number of aromatic nitrogens is 6. The van der Waals surface area contributed by atoms with Gasteiger partial charge in [0.25, 0.3) is 11.8 Å². The van der Waals surface area contributed by atoms with Gasteiger partial charge in [0, 0.05) is 44.0 Å². The van der Waals surface area contributed by atoms with Crippen LogP contribution in [0.15, 0.2) is 110 Å². The standard InChI is InChI=1S/2C17H11ClN4O/c2*18-11-5-6-13-14(7-11)21-16(20-13)17(23)22-15-9-19-8-10-3-1-2-4-12(10)15/h2*1-9H,(H,20,21)(H,22,23). The van der Waals surface area contributed by atoms with Crippen LogP contribution in [0.4, 0.5) is 11.4 Å². The smallest absolute Gasteiger partial charge is 0.291 e. The van der Waals surface area contributed by atoms with Crippen LogP contribution >= 0.6 is 23.2 Å². The van der Waals surface area contributed by atoms with Crippen LogP contribution in [-0.2, 0) is 0 Å². The number of halogens is 2. The van der Waals surface area contributed by atoms with Gasteiger partial charge in [-0.3, -0.25) is 19.6 Å². The van der Waals surface area contributed by atoms with Crippen molar-refractivity contribution in [2.75, 3.05) is 10.6 Å². The summed E-state index contributed by atoms with van der Waals surface area (Å²) in [6, 6.07) is 25.9. The fourth-order valence-electron chi connectivity index (χ4n) is 4.97. The second-order valence-electron chi connectivity index (χ2n) is 10.2. The summed E-state index contributed by atoms with van der Waals surface area (Å²) < 4.78 is 0. The zero-order valence-corrected chi connectivity index (χ0v) is 25.3. The molecule has 2 amide bonds. The fourth-order valence-corrected chi connectivity index (χ4v) is 5.32. The average molecular weight is 646 g/mol. The van der Waals surface area contributed by atoms with Gasteiger partial charge >= 0.3 is 0 Å². The molecular formula is C34H22Cl2N8O2. The lowest BCUT2D eigenvalue weighted by Gasteiger charge is -2.06. The molecule has 4 aromatic heterocycles. The van der Waals surface area contributed by atoms with Gasteiger partial charge in [-0.05, 0) is 36.4 Å². The van der Waals surface area contributed by atoms with Crippen LogP contribution in [0, 0.1) is 0 Å². The molecule has 4 heterocycles. The predicted molar refractivity (Wildman–Crippen MR) is 182 cm³/mol. The Bertz CT molecular complexity index is 2240. The Morgan fingerprint density at radius 1 is 0.565 bits per heavy atom. The first-order chi connectivity index (χ1) is 22.4. The SMILES string of the molecule is O=C(Nc1cncc2ccccc12)c1nc2ccc(Cl)cc2[nH]1.O=C(Nc1cncc2ccccc12)c1nc2ccc(Cl)cc2[nH]1. The lowest BCUT2D eigenvalue weighted by Crippen LogP contribution is -2.14. The zero-order chi connectivity index (χ0) is 31.6. The molecule has 8 aromatic rings. The van der Waals surface area contributed by atoms with E-state index in [9.17, 15) is 9.59 Å². The first kappa shape index (κ1) is 28.9. The van der Waals surface area contributed by atoms with Crippen LogP contribution in [0.25, 0.3) is 43.6 Å². The van der Waals surface area contributed by atoms with Crippen molar-refractivity contribution < 1.29 is 9.59 Å². The van der Waals surface area contributed by atoms with E-state index in [0.717, 1.165) is 32.6 Å². The molecule has 10 nitrogen and oxygen atoms in total. The van der Waals surface area contributed by atoms with Crippen LogP contribution in [0.5, 0.6) is 0 Å². The molecule has 0 saturated carbocycles. The number of H-pyrrole nitrogens is 2. The van der Waals surface area contributed by atoms with Crippen molar-refractivity contribution in [2.24, 2.45) is 0 Å². The summed E-state index contributed by atoms with van der Waals surface area (Å²) in [5.74, 6) is -0.184. The number of nitrogens with one attached hydrogen (secondary N) is 4. The van der Waals surface area contributed by atoms with Crippen LogP contribution < -0.4 is 10.6 Å². The van der Waals surface area contributed by atoms with Gasteiger partial charge in [-0.25, -0.2) is 9.97 Å². The summed E-state index contributed by atoms with van der Waals surface area (Å²) >= 11 is 11.9. The molecule has 0 unspecified atom stereocenters. The van der Waals surface area contributed by atoms with E-state index in [1.807, 2.05) is 48.5 Å². The van der Waals surface area contributed by atoms with Gasteiger partial charge < -0.3 is 20.6 Å². The third-order valence-corrected chi connectivity index (χ3v) is 7.62. The van der Waals surface area contributed by atoms with Gasteiger partial charge in [-0.15, -0.1) is 0 Å². The lowest BCUT2D eigenvalue weighted by atomic mass is 10.1. The van der Waals surface area contributed by atoms with Crippen molar-refractivity contribution in [3.63, 3.8) is 0 Å². The number of fused-ring (bicyclic) bond motifs is 4. The average Bonchev–Trinajstić information content (AvgIpc) is 3.69. The highest BCUT2D eigenvalue weighted by Crippen LogP contribution is 2.24. The minimum Gasteiger partial charge on any atom is -0.334 e. The van der Waals surface area contributed by atoms with E-state index in [0.29, 0.717) is 32.5 Å². The minimum absolute atomic E-state index is 0.232. The molecule has 12 heteroatoms. The van der Waals surface area contributed by atoms with E-state index in [1.165, 1.54) is 0 Å². The molecular weight excluding hydrogens is 623 g/mol. The number of aromatic amines is 2. The minimum atomic E-state index is -0.324. The van der Waals surface area contributed by atoms with E-state index in [1.54, 1.807) is 61.2 Å². The summed E-state index contributed by atoms with van der Waals surface area (Å²) in [5, 5.41) is 10.6.